The van der Waals surface area contributed by atoms with E-state index in [-0.39, 0.29) is 12.5 Å². The third-order valence-corrected chi connectivity index (χ3v) is 4.03. The van der Waals surface area contributed by atoms with Gasteiger partial charge in [-0.25, -0.2) is 4.79 Å². The molecule has 2 aromatic rings. The molecule has 0 fully saturated rings. The molecular formula is C18H23N3O3. The molecule has 0 aliphatic heterocycles. The first-order valence-electron chi connectivity index (χ1n) is 7.93. The Hall–Kier alpha value is -2.76. The zero-order chi connectivity index (χ0) is 17.5. The molecule has 0 aliphatic rings. The summed E-state index contributed by atoms with van der Waals surface area (Å²) in [7, 11) is 1.74. The molecule has 1 aromatic carbocycles. The van der Waals surface area contributed by atoms with Crippen molar-refractivity contribution < 1.29 is 14.7 Å². The third kappa shape index (κ3) is 4.16. The van der Waals surface area contributed by atoms with Gasteiger partial charge in [0.15, 0.2) is 0 Å². The Morgan fingerprint density at radius 1 is 1.42 bits per heavy atom. The van der Waals surface area contributed by atoms with Gasteiger partial charge in [-0.2, -0.15) is 0 Å². The molecular weight excluding hydrogens is 306 g/mol. The maximum absolute atomic E-state index is 12.8. The number of fused-ring (bicyclic) bond motifs is 1. The van der Waals surface area contributed by atoms with Crippen molar-refractivity contribution in [1.82, 2.24) is 15.2 Å². The highest BCUT2D eigenvalue weighted by Crippen LogP contribution is 2.26. The van der Waals surface area contributed by atoms with Gasteiger partial charge in [0.1, 0.15) is 0 Å². The van der Waals surface area contributed by atoms with Crippen LogP contribution in [0.25, 0.3) is 10.9 Å². The van der Waals surface area contributed by atoms with E-state index < -0.39 is 12.0 Å². The highest BCUT2D eigenvalue weighted by atomic mass is 16.4. The SMILES string of the molecule is C=CCCCN(C)C(=O)C(CNC(=O)O)c1c[nH]c2ccccc12. The van der Waals surface area contributed by atoms with Gasteiger partial charge in [-0.1, -0.05) is 24.3 Å². The van der Waals surface area contributed by atoms with Crippen LogP contribution < -0.4 is 5.32 Å². The van der Waals surface area contributed by atoms with Gasteiger partial charge in [-0.3, -0.25) is 4.79 Å². The van der Waals surface area contributed by atoms with Gasteiger partial charge < -0.3 is 20.3 Å². The molecule has 2 rings (SSSR count). The van der Waals surface area contributed by atoms with Crippen LogP contribution in [0.2, 0.25) is 0 Å². The zero-order valence-electron chi connectivity index (χ0n) is 13.8. The number of nitrogens with zero attached hydrogens (tertiary/aromatic N) is 1. The average molecular weight is 329 g/mol. The minimum atomic E-state index is -1.14. The van der Waals surface area contributed by atoms with Gasteiger partial charge in [0.25, 0.3) is 0 Å². The molecule has 24 heavy (non-hydrogen) atoms. The molecule has 3 N–H and O–H groups in total. The fourth-order valence-electron chi connectivity index (χ4n) is 2.75. The van der Waals surface area contributed by atoms with Crippen molar-refractivity contribution in [2.45, 2.75) is 18.8 Å². The van der Waals surface area contributed by atoms with Crippen molar-refractivity contribution in [1.29, 1.82) is 0 Å². The Morgan fingerprint density at radius 2 is 2.17 bits per heavy atom. The number of unbranched alkanes of at least 4 members (excludes halogenated alkanes) is 1. The van der Waals surface area contributed by atoms with Crippen LogP contribution in [-0.2, 0) is 4.79 Å². The number of nitrogens with one attached hydrogen (secondary N) is 2. The van der Waals surface area contributed by atoms with E-state index in [1.54, 1.807) is 18.1 Å². The lowest BCUT2D eigenvalue weighted by Crippen LogP contribution is -2.38. The number of H-pyrrole nitrogens is 1. The summed E-state index contributed by atoms with van der Waals surface area (Å²) >= 11 is 0. The van der Waals surface area contributed by atoms with Crippen molar-refractivity contribution in [2.75, 3.05) is 20.1 Å². The molecule has 0 saturated carbocycles. The highest BCUT2D eigenvalue weighted by Gasteiger charge is 2.26. The first-order valence-corrected chi connectivity index (χ1v) is 7.93. The topological polar surface area (TPSA) is 85.4 Å². The summed E-state index contributed by atoms with van der Waals surface area (Å²) in [5, 5.41) is 12.2. The van der Waals surface area contributed by atoms with Crippen LogP contribution in [0.4, 0.5) is 4.79 Å². The number of allylic oxidation sites excluding steroid dienone is 1. The van der Waals surface area contributed by atoms with Crippen molar-refractivity contribution in [3.05, 3.63) is 48.7 Å². The van der Waals surface area contributed by atoms with E-state index in [1.165, 1.54) is 0 Å². The quantitative estimate of drug-likeness (QED) is 0.514. The smallest absolute Gasteiger partial charge is 0.404 e. The van der Waals surface area contributed by atoms with Gasteiger partial charge in [0.2, 0.25) is 5.91 Å². The molecule has 0 aliphatic carbocycles. The first kappa shape index (κ1) is 17.6. The molecule has 0 bridgehead atoms. The summed E-state index contributed by atoms with van der Waals surface area (Å²) in [6, 6.07) is 7.68. The van der Waals surface area contributed by atoms with Gasteiger partial charge in [0, 0.05) is 37.2 Å². The lowest BCUT2D eigenvalue weighted by atomic mass is 9.96. The van der Waals surface area contributed by atoms with E-state index in [2.05, 4.69) is 16.9 Å². The summed E-state index contributed by atoms with van der Waals surface area (Å²) in [5.74, 6) is -0.663. The minimum absolute atomic E-state index is 0.0435. The van der Waals surface area contributed by atoms with Gasteiger partial charge >= 0.3 is 6.09 Å². The van der Waals surface area contributed by atoms with Crippen LogP contribution in [0, 0.1) is 0 Å². The lowest BCUT2D eigenvalue weighted by Gasteiger charge is -2.23. The van der Waals surface area contributed by atoms with Crippen LogP contribution in [0.5, 0.6) is 0 Å². The number of para-hydroxylation sites is 1. The minimum Gasteiger partial charge on any atom is -0.465 e. The molecule has 6 nitrogen and oxygen atoms in total. The average Bonchev–Trinajstić information content (AvgIpc) is 2.99. The van der Waals surface area contributed by atoms with Crippen LogP contribution in [0.3, 0.4) is 0 Å². The summed E-state index contributed by atoms with van der Waals surface area (Å²) in [6.07, 6.45) is 4.14. The maximum Gasteiger partial charge on any atom is 0.404 e. The number of rotatable bonds is 8. The highest BCUT2D eigenvalue weighted by molar-refractivity contribution is 5.92. The first-order chi connectivity index (χ1) is 11.5. The number of amides is 2. The van der Waals surface area contributed by atoms with Crippen LogP contribution in [-0.4, -0.2) is 47.1 Å². The predicted octanol–water partition coefficient (Wildman–Crippen LogP) is 2.94. The van der Waals surface area contributed by atoms with E-state index in [4.69, 9.17) is 5.11 Å². The van der Waals surface area contributed by atoms with Crippen LogP contribution in [0.1, 0.15) is 24.3 Å². The normalized spacial score (nSPS) is 11.9. The Balaban J connectivity index is 2.25. The molecule has 2 amide bonds. The summed E-state index contributed by atoms with van der Waals surface area (Å²) in [4.78, 5) is 28.5. The van der Waals surface area contributed by atoms with Crippen molar-refractivity contribution in [2.24, 2.45) is 0 Å². The fourth-order valence-corrected chi connectivity index (χ4v) is 2.75. The lowest BCUT2D eigenvalue weighted by molar-refractivity contribution is -0.131. The van der Waals surface area contributed by atoms with Gasteiger partial charge in [0.05, 0.1) is 5.92 Å². The zero-order valence-corrected chi connectivity index (χ0v) is 13.8. The monoisotopic (exact) mass is 329 g/mol. The van der Waals surface area contributed by atoms with E-state index in [0.717, 1.165) is 29.3 Å². The number of aromatic amines is 1. The third-order valence-electron chi connectivity index (χ3n) is 4.03. The molecule has 1 aromatic heterocycles. The van der Waals surface area contributed by atoms with E-state index in [1.807, 2.05) is 30.3 Å². The molecule has 6 heteroatoms. The summed E-state index contributed by atoms with van der Waals surface area (Å²) in [6.45, 7) is 4.33. The molecule has 0 radical (unpaired) electrons. The molecule has 0 spiro atoms. The number of carbonyl (C=O) groups is 2. The second kappa shape index (κ2) is 8.19. The number of hydrogen-bond acceptors (Lipinski definition) is 2. The van der Waals surface area contributed by atoms with Gasteiger partial charge in [-0.15, -0.1) is 6.58 Å². The molecule has 128 valence electrons. The Kier molecular flexibility index (Phi) is 6.01. The number of carboxylic acid groups (broad SMARTS) is 1. The molecule has 1 atom stereocenters. The number of benzene rings is 1. The van der Waals surface area contributed by atoms with Crippen LogP contribution >= 0.6 is 0 Å². The van der Waals surface area contributed by atoms with E-state index >= 15 is 0 Å². The Morgan fingerprint density at radius 3 is 2.88 bits per heavy atom. The van der Waals surface area contributed by atoms with E-state index in [9.17, 15) is 9.59 Å². The Bertz CT molecular complexity index is 723. The number of aromatic nitrogens is 1. The second-order valence-corrected chi connectivity index (χ2v) is 5.72. The largest absolute Gasteiger partial charge is 0.465 e. The van der Waals surface area contributed by atoms with Crippen molar-refractivity contribution in [3.63, 3.8) is 0 Å². The molecule has 1 heterocycles. The summed E-state index contributed by atoms with van der Waals surface area (Å²) in [5.41, 5.74) is 1.73. The summed E-state index contributed by atoms with van der Waals surface area (Å²) < 4.78 is 0. The van der Waals surface area contributed by atoms with Crippen molar-refractivity contribution >= 4 is 22.9 Å². The second-order valence-electron chi connectivity index (χ2n) is 5.72. The van der Waals surface area contributed by atoms with E-state index in [0.29, 0.717) is 6.54 Å². The Labute approximate surface area is 141 Å². The number of hydrogen-bond donors (Lipinski definition) is 3. The maximum atomic E-state index is 12.8. The molecule has 1 unspecified atom stereocenters. The predicted molar refractivity (Wildman–Crippen MR) is 94.1 cm³/mol. The number of likely N-dealkylation sites (N-methyl/N-ethyl adjacent to an activating group) is 1. The standard InChI is InChI=1S/C18H23N3O3/c1-3-4-7-10-21(2)17(22)15(12-20-18(23)24)14-11-19-16-9-6-5-8-13(14)16/h3,5-6,8-9,11,15,19-20H,1,4,7,10,12H2,2H3,(H,23,24). The van der Waals surface area contributed by atoms with Gasteiger partial charge in [-0.05, 0) is 24.5 Å². The van der Waals surface area contributed by atoms with Crippen LogP contribution in [0.15, 0.2) is 43.1 Å². The molecule has 0 saturated heterocycles. The fraction of sp³-hybridized carbons (Fsp3) is 0.333. The van der Waals surface area contributed by atoms with Crippen molar-refractivity contribution in [3.8, 4) is 0 Å². The number of carbonyl (C=O) groups excluding carboxylic acids is 1.